The van der Waals surface area contributed by atoms with Crippen molar-refractivity contribution in [2.24, 2.45) is 5.73 Å². The van der Waals surface area contributed by atoms with Crippen LogP contribution in [0.15, 0.2) is 41.1 Å². The van der Waals surface area contributed by atoms with E-state index in [1.165, 1.54) is 11.3 Å². The summed E-state index contributed by atoms with van der Waals surface area (Å²) in [6.45, 7) is 2.18. The number of carbonyl (C=O) groups excluding carboxylic acids is 3. The van der Waals surface area contributed by atoms with Gasteiger partial charge in [-0.1, -0.05) is 6.07 Å². The van der Waals surface area contributed by atoms with Gasteiger partial charge in [0.2, 0.25) is 0 Å². The van der Waals surface area contributed by atoms with Crippen LogP contribution in [0.3, 0.4) is 0 Å². The lowest BCUT2D eigenvalue weighted by Gasteiger charge is -2.22. The van der Waals surface area contributed by atoms with Crippen molar-refractivity contribution in [3.63, 3.8) is 0 Å². The highest BCUT2D eigenvalue weighted by Crippen LogP contribution is 2.16. The molecule has 0 unspecified atom stereocenters. The van der Waals surface area contributed by atoms with Crippen LogP contribution in [-0.2, 0) is 0 Å². The molecule has 4 amide bonds. The van der Waals surface area contributed by atoms with Crippen LogP contribution in [0, 0.1) is 0 Å². The summed E-state index contributed by atoms with van der Waals surface area (Å²) in [5.41, 5.74) is 6.77. The fourth-order valence-electron chi connectivity index (χ4n) is 2.95. The number of amides is 4. The molecule has 1 aliphatic rings. The van der Waals surface area contributed by atoms with Crippen LogP contribution in [0.4, 0.5) is 10.5 Å². The molecular weight excluding hydrogens is 352 g/mol. The summed E-state index contributed by atoms with van der Waals surface area (Å²) in [4.78, 5) is 39.8. The van der Waals surface area contributed by atoms with E-state index in [9.17, 15) is 14.4 Å². The Morgan fingerprint density at radius 2 is 1.65 bits per heavy atom. The van der Waals surface area contributed by atoms with E-state index in [4.69, 9.17) is 5.73 Å². The largest absolute Gasteiger partial charge is 0.351 e. The second kappa shape index (κ2) is 8.01. The molecule has 1 aromatic heterocycles. The molecule has 3 rings (SSSR count). The molecule has 0 atom stereocenters. The maximum Gasteiger partial charge on any atom is 0.316 e. The lowest BCUT2D eigenvalue weighted by Crippen LogP contribution is -2.37. The molecule has 1 fully saturated rings. The van der Waals surface area contributed by atoms with E-state index in [2.05, 4.69) is 5.32 Å². The van der Waals surface area contributed by atoms with Gasteiger partial charge in [0.1, 0.15) is 0 Å². The second-order valence-electron chi connectivity index (χ2n) is 6.02. The Bertz CT molecular complexity index is 807. The topological polar surface area (TPSA) is 95.7 Å². The SMILES string of the molecule is NC(=O)Nc1cccc(C(=O)N2CCCN(C(=O)c3ccsc3)CC2)c1. The predicted octanol–water partition coefficient (Wildman–Crippen LogP) is 2.23. The molecule has 1 aliphatic heterocycles. The van der Waals surface area contributed by atoms with Crippen LogP contribution in [0.25, 0.3) is 0 Å². The third-order valence-electron chi connectivity index (χ3n) is 4.22. The second-order valence-corrected chi connectivity index (χ2v) is 6.80. The van der Waals surface area contributed by atoms with Crippen LogP contribution in [0.5, 0.6) is 0 Å². The van der Waals surface area contributed by atoms with Crippen LogP contribution in [0.1, 0.15) is 27.1 Å². The molecule has 1 aromatic carbocycles. The van der Waals surface area contributed by atoms with E-state index in [-0.39, 0.29) is 11.8 Å². The molecule has 0 saturated carbocycles. The van der Waals surface area contributed by atoms with Crippen molar-refractivity contribution in [3.05, 3.63) is 52.2 Å². The minimum Gasteiger partial charge on any atom is -0.351 e. The minimum atomic E-state index is -0.674. The maximum absolute atomic E-state index is 12.8. The first kappa shape index (κ1) is 17.9. The molecule has 0 aliphatic carbocycles. The third-order valence-corrected chi connectivity index (χ3v) is 4.90. The van der Waals surface area contributed by atoms with E-state index in [0.717, 1.165) is 6.42 Å². The maximum atomic E-state index is 12.8. The number of nitrogens with zero attached hydrogens (tertiary/aromatic N) is 2. The minimum absolute atomic E-state index is 0.00760. The summed E-state index contributed by atoms with van der Waals surface area (Å²) in [7, 11) is 0. The van der Waals surface area contributed by atoms with Crippen molar-refractivity contribution in [1.29, 1.82) is 0 Å². The van der Waals surface area contributed by atoms with Gasteiger partial charge >= 0.3 is 6.03 Å². The van der Waals surface area contributed by atoms with Crippen molar-refractivity contribution < 1.29 is 14.4 Å². The van der Waals surface area contributed by atoms with Crippen LogP contribution < -0.4 is 11.1 Å². The number of primary amides is 1. The quantitative estimate of drug-likeness (QED) is 0.865. The molecular formula is C18H20N4O3S. The lowest BCUT2D eigenvalue weighted by molar-refractivity contribution is 0.0719. The zero-order chi connectivity index (χ0) is 18.5. The molecule has 0 radical (unpaired) electrons. The Hall–Kier alpha value is -2.87. The van der Waals surface area contributed by atoms with Crippen LogP contribution in [-0.4, -0.2) is 53.8 Å². The summed E-state index contributed by atoms with van der Waals surface area (Å²) in [6, 6.07) is 7.82. The van der Waals surface area contributed by atoms with Gasteiger partial charge in [0.15, 0.2) is 0 Å². The molecule has 3 N–H and O–H groups in total. The van der Waals surface area contributed by atoms with Gasteiger partial charge in [-0.2, -0.15) is 11.3 Å². The molecule has 2 heterocycles. The number of benzene rings is 1. The van der Waals surface area contributed by atoms with E-state index in [0.29, 0.717) is 43.0 Å². The summed E-state index contributed by atoms with van der Waals surface area (Å²) in [5, 5.41) is 6.19. The number of hydrogen-bond donors (Lipinski definition) is 2. The molecule has 8 heteroatoms. The highest BCUT2D eigenvalue weighted by atomic mass is 32.1. The number of hydrogen-bond acceptors (Lipinski definition) is 4. The van der Waals surface area contributed by atoms with Gasteiger partial charge in [0.25, 0.3) is 11.8 Å². The summed E-state index contributed by atoms with van der Waals surface area (Å²) < 4.78 is 0. The third kappa shape index (κ3) is 4.20. The number of rotatable bonds is 3. The first-order valence-electron chi connectivity index (χ1n) is 8.32. The Labute approximate surface area is 155 Å². The normalized spacial score (nSPS) is 14.6. The first-order valence-corrected chi connectivity index (χ1v) is 9.26. The Balaban J connectivity index is 1.66. The summed E-state index contributed by atoms with van der Waals surface area (Å²) in [5.74, 6) is -0.115. The van der Waals surface area contributed by atoms with Gasteiger partial charge in [-0.15, -0.1) is 0 Å². The number of thiophene rings is 1. The number of urea groups is 1. The molecule has 0 bridgehead atoms. The van der Waals surface area contributed by atoms with Crippen molar-refractivity contribution in [2.75, 3.05) is 31.5 Å². The lowest BCUT2D eigenvalue weighted by atomic mass is 10.1. The summed E-state index contributed by atoms with van der Waals surface area (Å²) >= 11 is 1.49. The smallest absolute Gasteiger partial charge is 0.316 e. The Morgan fingerprint density at radius 3 is 2.27 bits per heavy atom. The molecule has 136 valence electrons. The fraction of sp³-hybridized carbons (Fsp3) is 0.278. The van der Waals surface area contributed by atoms with E-state index >= 15 is 0 Å². The summed E-state index contributed by atoms with van der Waals surface area (Å²) in [6.07, 6.45) is 0.723. The van der Waals surface area contributed by atoms with E-state index < -0.39 is 6.03 Å². The average molecular weight is 372 g/mol. The zero-order valence-corrected chi connectivity index (χ0v) is 15.0. The van der Waals surface area contributed by atoms with Gasteiger partial charge in [-0.25, -0.2) is 4.79 Å². The fourth-order valence-corrected chi connectivity index (χ4v) is 3.58. The number of nitrogens with one attached hydrogen (secondary N) is 1. The van der Waals surface area contributed by atoms with Crippen LogP contribution in [0.2, 0.25) is 0 Å². The van der Waals surface area contributed by atoms with Crippen LogP contribution >= 0.6 is 11.3 Å². The average Bonchev–Trinajstić information content (AvgIpc) is 3.05. The highest BCUT2D eigenvalue weighted by molar-refractivity contribution is 7.08. The monoisotopic (exact) mass is 372 g/mol. The van der Waals surface area contributed by atoms with Gasteiger partial charge in [0.05, 0.1) is 5.56 Å². The highest BCUT2D eigenvalue weighted by Gasteiger charge is 2.23. The van der Waals surface area contributed by atoms with Gasteiger partial charge in [0, 0.05) is 42.8 Å². The molecule has 1 saturated heterocycles. The van der Waals surface area contributed by atoms with E-state index in [1.54, 1.807) is 34.1 Å². The number of nitrogens with two attached hydrogens (primary N) is 1. The Kier molecular flexibility index (Phi) is 5.52. The van der Waals surface area contributed by atoms with Crippen molar-refractivity contribution >= 4 is 34.9 Å². The number of anilines is 1. The van der Waals surface area contributed by atoms with E-state index in [1.807, 2.05) is 16.8 Å². The Morgan fingerprint density at radius 1 is 0.962 bits per heavy atom. The molecule has 7 nitrogen and oxygen atoms in total. The zero-order valence-electron chi connectivity index (χ0n) is 14.2. The van der Waals surface area contributed by atoms with Crippen molar-refractivity contribution in [3.8, 4) is 0 Å². The number of carbonyl (C=O) groups is 3. The molecule has 2 aromatic rings. The van der Waals surface area contributed by atoms with Crippen molar-refractivity contribution in [2.45, 2.75) is 6.42 Å². The molecule has 26 heavy (non-hydrogen) atoms. The van der Waals surface area contributed by atoms with Crippen molar-refractivity contribution in [1.82, 2.24) is 9.80 Å². The first-order chi connectivity index (χ1) is 12.5. The molecule has 0 spiro atoms. The van der Waals surface area contributed by atoms with Gasteiger partial charge in [-0.3, -0.25) is 9.59 Å². The standard InChI is InChI=1S/C18H20N4O3S/c19-18(25)20-15-4-1-3-13(11-15)16(23)21-6-2-7-22(9-8-21)17(24)14-5-10-26-12-14/h1,3-5,10-12H,2,6-9H2,(H3,19,20,25). The van der Waals surface area contributed by atoms with Gasteiger partial charge in [-0.05, 0) is 36.1 Å². The predicted molar refractivity (Wildman–Crippen MR) is 100 cm³/mol. The van der Waals surface area contributed by atoms with Gasteiger partial charge < -0.3 is 20.9 Å².